The van der Waals surface area contributed by atoms with Gasteiger partial charge in [-0.15, -0.1) is 0 Å². The van der Waals surface area contributed by atoms with Crippen molar-refractivity contribution in [3.63, 3.8) is 0 Å². The van der Waals surface area contributed by atoms with Crippen LogP contribution in [0.1, 0.15) is 27.7 Å². The Morgan fingerprint density at radius 3 is 2.50 bits per heavy atom. The maximum Gasteiger partial charge on any atom is 0.242 e. The minimum atomic E-state index is -0.586. The number of ether oxygens (including phenoxy) is 1. The summed E-state index contributed by atoms with van der Waals surface area (Å²) in [5.74, 6) is -0.385. The molecule has 0 aliphatic rings. The number of nitrogens with one attached hydrogen (secondary N) is 2. The van der Waals surface area contributed by atoms with Crippen LogP contribution in [0.4, 0.5) is 15.8 Å². The van der Waals surface area contributed by atoms with Crippen molar-refractivity contribution in [2.75, 3.05) is 18.2 Å². The number of anilines is 2. The number of rotatable bonds is 4. The maximum atomic E-state index is 13.8. The Balaban J connectivity index is 2.85. The largest absolute Gasteiger partial charge is 0.495 e. The van der Waals surface area contributed by atoms with Crippen LogP contribution in [0.25, 0.3) is 0 Å². The molecule has 5 nitrogen and oxygen atoms in total. The summed E-state index contributed by atoms with van der Waals surface area (Å²) in [5.41, 5.74) is 5.64. The SMILES string of the molecule is COc1cc(NC(C)C(=O)NC(C)(C)C)c(F)cc1N. The predicted octanol–water partition coefficient (Wildman–Crippen LogP) is 2.13. The maximum absolute atomic E-state index is 13.8. The Hall–Kier alpha value is -1.98. The molecule has 6 heteroatoms. The highest BCUT2D eigenvalue weighted by molar-refractivity contribution is 5.85. The van der Waals surface area contributed by atoms with Crippen LogP contribution in [0.15, 0.2) is 12.1 Å². The van der Waals surface area contributed by atoms with Crippen LogP contribution in [0.3, 0.4) is 0 Å². The molecule has 1 atom stereocenters. The Morgan fingerprint density at radius 1 is 1.40 bits per heavy atom. The fourth-order valence-electron chi connectivity index (χ4n) is 1.63. The second-order valence-corrected chi connectivity index (χ2v) is 5.68. The van der Waals surface area contributed by atoms with Crippen molar-refractivity contribution in [2.24, 2.45) is 0 Å². The summed E-state index contributed by atoms with van der Waals surface area (Å²) in [6.07, 6.45) is 0. The van der Waals surface area contributed by atoms with Crippen molar-refractivity contribution in [3.05, 3.63) is 17.9 Å². The molecule has 0 saturated heterocycles. The zero-order valence-corrected chi connectivity index (χ0v) is 12.5. The van der Waals surface area contributed by atoms with E-state index in [1.54, 1.807) is 6.92 Å². The quantitative estimate of drug-likeness (QED) is 0.740. The molecule has 4 N–H and O–H groups in total. The molecule has 1 amide bonds. The Labute approximate surface area is 118 Å². The molecule has 112 valence electrons. The zero-order chi connectivity index (χ0) is 15.5. The smallest absolute Gasteiger partial charge is 0.242 e. The van der Waals surface area contributed by atoms with Crippen LogP contribution in [-0.2, 0) is 4.79 Å². The topological polar surface area (TPSA) is 76.4 Å². The monoisotopic (exact) mass is 283 g/mol. The van der Waals surface area contributed by atoms with Crippen LogP contribution in [-0.4, -0.2) is 24.6 Å². The van der Waals surface area contributed by atoms with E-state index < -0.39 is 11.9 Å². The second-order valence-electron chi connectivity index (χ2n) is 5.68. The van der Waals surface area contributed by atoms with E-state index in [4.69, 9.17) is 10.5 Å². The second kappa shape index (κ2) is 5.98. The van der Waals surface area contributed by atoms with Crippen LogP contribution in [0.5, 0.6) is 5.75 Å². The third kappa shape index (κ3) is 4.29. The van der Waals surface area contributed by atoms with Crippen molar-refractivity contribution in [2.45, 2.75) is 39.3 Å². The van der Waals surface area contributed by atoms with Crippen LogP contribution in [0, 0.1) is 5.82 Å². The molecule has 0 bridgehead atoms. The van der Waals surface area contributed by atoms with Crippen molar-refractivity contribution in [1.82, 2.24) is 5.32 Å². The highest BCUT2D eigenvalue weighted by Gasteiger charge is 2.20. The molecule has 0 aliphatic carbocycles. The highest BCUT2D eigenvalue weighted by atomic mass is 19.1. The van der Waals surface area contributed by atoms with Crippen LogP contribution < -0.4 is 21.1 Å². The summed E-state index contributed by atoms with van der Waals surface area (Å²) in [6.45, 7) is 7.29. The predicted molar refractivity (Wildman–Crippen MR) is 78.3 cm³/mol. The lowest BCUT2D eigenvalue weighted by Crippen LogP contribution is -2.47. The molecular formula is C14H22FN3O2. The van der Waals surface area contributed by atoms with Crippen molar-refractivity contribution < 1.29 is 13.9 Å². The van der Waals surface area contributed by atoms with Crippen molar-refractivity contribution in [1.29, 1.82) is 0 Å². The van der Waals surface area contributed by atoms with Crippen LogP contribution in [0.2, 0.25) is 0 Å². The molecule has 1 aromatic carbocycles. The Bertz CT molecular complexity index is 498. The first-order valence-corrected chi connectivity index (χ1v) is 6.35. The first-order chi connectivity index (χ1) is 9.14. The normalized spacial score (nSPS) is 12.7. The van der Waals surface area contributed by atoms with Gasteiger partial charge in [-0.2, -0.15) is 0 Å². The number of carbonyl (C=O) groups is 1. The lowest BCUT2D eigenvalue weighted by atomic mass is 10.1. The molecule has 0 spiro atoms. The number of hydrogen-bond donors (Lipinski definition) is 3. The standard InChI is InChI=1S/C14H22FN3O2/c1-8(13(19)18-14(2,3)4)17-11-7-12(20-5)10(16)6-9(11)15/h6-8,17H,16H2,1-5H3,(H,18,19). The fraction of sp³-hybridized carbons (Fsp3) is 0.500. The van der Waals surface area contributed by atoms with Crippen molar-refractivity contribution in [3.8, 4) is 5.75 Å². The number of nitrogen functional groups attached to an aromatic ring is 1. The summed E-state index contributed by atoms with van der Waals surface area (Å²) < 4.78 is 18.8. The molecule has 1 aromatic rings. The Kier molecular flexibility index (Phi) is 4.81. The van der Waals surface area contributed by atoms with E-state index in [9.17, 15) is 9.18 Å². The van der Waals surface area contributed by atoms with Gasteiger partial charge < -0.3 is 21.1 Å². The first-order valence-electron chi connectivity index (χ1n) is 6.35. The zero-order valence-electron chi connectivity index (χ0n) is 12.5. The van der Waals surface area contributed by atoms with Gasteiger partial charge in [0.1, 0.15) is 17.6 Å². The summed E-state index contributed by atoms with van der Waals surface area (Å²) in [4.78, 5) is 11.9. The molecule has 1 unspecified atom stereocenters. The van der Waals surface area contributed by atoms with Gasteiger partial charge in [0.05, 0.1) is 18.5 Å². The number of methoxy groups -OCH3 is 1. The van der Waals surface area contributed by atoms with E-state index in [-0.39, 0.29) is 22.8 Å². The number of nitrogens with two attached hydrogens (primary N) is 1. The van der Waals surface area contributed by atoms with E-state index in [0.29, 0.717) is 5.75 Å². The van der Waals surface area contributed by atoms with E-state index in [1.165, 1.54) is 13.2 Å². The number of carbonyl (C=O) groups excluding carboxylic acids is 1. The van der Waals surface area contributed by atoms with E-state index >= 15 is 0 Å². The summed E-state index contributed by atoms with van der Waals surface area (Å²) in [6, 6.07) is 2.01. The molecular weight excluding hydrogens is 261 g/mol. The summed E-state index contributed by atoms with van der Waals surface area (Å²) in [5, 5.41) is 5.63. The van der Waals surface area contributed by atoms with Gasteiger partial charge in [-0.05, 0) is 27.7 Å². The molecule has 1 rings (SSSR count). The summed E-state index contributed by atoms with van der Waals surface area (Å²) >= 11 is 0. The molecule has 0 fully saturated rings. The molecule has 20 heavy (non-hydrogen) atoms. The molecule has 0 aliphatic heterocycles. The number of hydrogen-bond acceptors (Lipinski definition) is 4. The minimum absolute atomic E-state index is 0.174. The molecule has 0 radical (unpaired) electrons. The van der Waals surface area contributed by atoms with Gasteiger partial charge in [0.25, 0.3) is 0 Å². The van der Waals surface area contributed by atoms with Gasteiger partial charge in [0, 0.05) is 17.7 Å². The first kappa shape index (κ1) is 16.1. The van der Waals surface area contributed by atoms with Gasteiger partial charge in [0.15, 0.2) is 0 Å². The van der Waals surface area contributed by atoms with E-state index in [1.807, 2.05) is 20.8 Å². The summed E-state index contributed by atoms with van der Waals surface area (Å²) in [7, 11) is 1.45. The van der Waals surface area contributed by atoms with Gasteiger partial charge in [-0.25, -0.2) is 4.39 Å². The fourth-order valence-corrected chi connectivity index (χ4v) is 1.63. The van der Waals surface area contributed by atoms with Gasteiger partial charge >= 0.3 is 0 Å². The Morgan fingerprint density at radius 2 is 2.00 bits per heavy atom. The molecule has 0 saturated carbocycles. The third-order valence-electron chi connectivity index (χ3n) is 2.58. The average molecular weight is 283 g/mol. The van der Waals surface area contributed by atoms with Gasteiger partial charge in [-0.3, -0.25) is 4.79 Å². The number of benzene rings is 1. The van der Waals surface area contributed by atoms with Gasteiger partial charge in [0.2, 0.25) is 5.91 Å². The average Bonchev–Trinajstić information content (AvgIpc) is 2.30. The lowest BCUT2D eigenvalue weighted by molar-refractivity contribution is -0.122. The van der Waals surface area contributed by atoms with Crippen LogP contribution >= 0.6 is 0 Å². The number of amides is 1. The van der Waals surface area contributed by atoms with E-state index in [0.717, 1.165) is 6.07 Å². The van der Waals surface area contributed by atoms with Crippen molar-refractivity contribution >= 4 is 17.3 Å². The highest BCUT2D eigenvalue weighted by Crippen LogP contribution is 2.28. The lowest BCUT2D eigenvalue weighted by Gasteiger charge is -2.24. The number of halogens is 1. The van der Waals surface area contributed by atoms with Gasteiger partial charge in [-0.1, -0.05) is 0 Å². The third-order valence-corrected chi connectivity index (χ3v) is 2.58. The minimum Gasteiger partial charge on any atom is -0.495 e. The molecule has 0 heterocycles. The molecule has 0 aromatic heterocycles. The van der Waals surface area contributed by atoms with E-state index in [2.05, 4.69) is 10.6 Å².